The predicted octanol–water partition coefficient (Wildman–Crippen LogP) is 1.31. The van der Waals surface area contributed by atoms with E-state index >= 15 is 0 Å². The molecule has 0 spiro atoms. The molecule has 8 nitrogen and oxygen atoms in total. The first kappa shape index (κ1) is 18.6. The average Bonchev–Trinajstić information content (AvgIpc) is 2.93. The second-order valence-corrected chi connectivity index (χ2v) is 5.35. The number of guanidine groups is 2. The summed E-state index contributed by atoms with van der Waals surface area (Å²) in [4.78, 5) is 9.23. The number of alkyl halides is 2. The lowest BCUT2D eigenvalue weighted by atomic mass is 10.2. The lowest BCUT2D eigenvalue weighted by Crippen LogP contribution is -2.38. The maximum absolute atomic E-state index is 13.2. The van der Waals surface area contributed by atoms with Gasteiger partial charge in [0.15, 0.2) is 17.5 Å². The van der Waals surface area contributed by atoms with Crippen LogP contribution in [-0.2, 0) is 0 Å². The monoisotopic (exact) mass is 357 g/mol. The molecule has 0 bridgehead atoms. The van der Waals surface area contributed by atoms with E-state index in [0.29, 0.717) is 22.9 Å². The van der Waals surface area contributed by atoms with Gasteiger partial charge in [-0.15, -0.1) is 0 Å². The Morgan fingerprint density at radius 2 is 1.72 bits per heavy atom. The standard InChI is InChI=1S/C15H21F2N5O3/c1-23-10-6-9(7-11(24-2)12(10)25-3)20-13(18)21-14(19)22-5-4-15(16,17)8-22/h6-7H,4-5,8H2,1-3H3,(H4,18,19,20,21). The zero-order valence-electron chi connectivity index (χ0n) is 14.3. The van der Waals surface area contributed by atoms with Gasteiger partial charge in [-0.2, -0.15) is 4.99 Å². The smallest absolute Gasteiger partial charge is 0.267 e. The van der Waals surface area contributed by atoms with Crippen molar-refractivity contribution in [3.63, 3.8) is 0 Å². The van der Waals surface area contributed by atoms with Gasteiger partial charge in [0.2, 0.25) is 11.7 Å². The van der Waals surface area contributed by atoms with Crippen LogP contribution in [0.1, 0.15) is 6.42 Å². The van der Waals surface area contributed by atoms with Crippen molar-refractivity contribution in [3.05, 3.63) is 12.1 Å². The fraction of sp³-hybridized carbons (Fsp3) is 0.467. The Morgan fingerprint density at radius 3 is 2.16 bits per heavy atom. The SMILES string of the molecule is COc1cc(N=C(N)N=C(N)N2CCC(F)(F)C2)cc(OC)c1OC. The molecule has 0 amide bonds. The van der Waals surface area contributed by atoms with Gasteiger partial charge >= 0.3 is 0 Å². The van der Waals surface area contributed by atoms with Crippen LogP contribution < -0.4 is 25.7 Å². The Balaban J connectivity index is 2.25. The molecule has 0 unspecified atom stereocenters. The third kappa shape index (κ3) is 4.40. The molecule has 1 fully saturated rings. The zero-order chi connectivity index (χ0) is 18.6. The molecule has 1 saturated heterocycles. The van der Waals surface area contributed by atoms with Crippen LogP contribution in [0.25, 0.3) is 0 Å². The highest BCUT2D eigenvalue weighted by Crippen LogP contribution is 2.40. The summed E-state index contributed by atoms with van der Waals surface area (Å²) in [5.41, 5.74) is 11.9. The molecule has 1 aliphatic rings. The Labute approximate surface area is 144 Å². The van der Waals surface area contributed by atoms with Crippen LogP contribution in [0.5, 0.6) is 17.2 Å². The van der Waals surface area contributed by atoms with E-state index in [1.54, 1.807) is 12.1 Å². The molecule has 0 aromatic heterocycles. The minimum atomic E-state index is -2.78. The Kier molecular flexibility index (Phi) is 5.50. The van der Waals surface area contributed by atoms with Gasteiger partial charge < -0.3 is 30.6 Å². The first-order valence-corrected chi connectivity index (χ1v) is 7.40. The minimum Gasteiger partial charge on any atom is -0.493 e. The number of benzene rings is 1. The number of nitrogens with zero attached hydrogens (tertiary/aromatic N) is 3. The van der Waals surface area contributed by atoms with E-state index in [4.69, 9.17) is 25.7 Å². The largest absolute Gasteiger partial charge is 0.493 e. The van der Waals surface area contributed by atoms with Crippen LogP contribution in [0, 0.1) is 0 Å². The molecule has 138 valence electrons. The summed E-state index contributed by atoms with van der Waals surface area (Å²) in [7, 11) is 4.42. The van der Waals surface area contributed by atoms with E-state index in [2.05, 4.69) is 9.98 Å². The van der Waals surface area contributed by atoms with Crippen molar-refractivity contribution in [1.29, 1.82) is 0 Å². The summed E-state index contributed by atoms with van der Waals surface area (Å²) in [6.45, 7) is -0.375. The maximum atomic E-state index is 13.2. The van der Waals surface area contributed by atoms with Crippen molar-refractivity contribution >= 4 is 17.6 Å². The molecule has 10 heteroatoms. The molecular weight excluding hydrogens is 336 g/mol. The van der Waals surface area contributed by atoms with E-state index in [-0.39, 0.29) is 24.9 Å². The molecule has 1 aliphatic heterocycles. The number of hydrogen-bond acceptors (Lipinski definition) is 4. The number of nitrogens with two attached hydrogens (primary N) is 2. The maximum Gasteiger partial charge on any atom is 0.267 e. The van der Waals surface area contributed by atoms with E-state index in [1.807, 2.05) is 0 Å². The van der Waals surface area contributed by atoms with Crippen LogP contribution >= 0.6 is 0 Å². The Hall–Kier alpha value is -2.78. The van der Waals surface area contributed by atoms with Crippen molar-refractivity contribution < 1.29 is 23.0 Å². The highest BCUT2D eigenvalue weighted by Gasteiger charge is 2.39. The van der Waals surface area contributed by atoms with E-state index < -0.39 is 12.5 Å². The average molecular weight is 357 g/mol. The highest BCUT2D eigenvalue weighted by atomic mass is 19.3. The molecule has 1 aromatic rings. The number of hydrogen-bond donors (Lipinski definition) is 2. The van der Waals surface area contributed by atoms with Gasteiger partial charge in [-0.05, 0) is 0 Å². The van der Waals surface area contributed by atoms with Crippen LogP contribution in [-0.4, -0.2) is 57.2 Å². The third-order valence-electron chi connectivity index (χ3n) is 3.62. The quantitative estimate of drug-likeness (QED) is 0.621. The zero-order valence-corrected chi connectivity index (χ0v) is 14.3. The fourth-order valence-electron chi connectivity index (χ4n) is 2.41. The number of halogens is 2. The summed E-state index contributed by atoms with van der Waals surface area (Å²) < 4.78 is 42.1. The molecule has 0 aliphatic carbocycles. The van der Waals surface area contributed by atoms with Gasteiger partial charge in [0.05, 0.1) is 33.6 Å². The fourth-order valence-corrected chi connectivity index (χ4v) is 2.41. The molecule has 0 radical (unpaired) electrons. The van der Waals surface area contributed by atoms with Crippen molar-refractivity contribution in [2.24, 2.45) is 21.5 Å². The minimum absolute atomic E-state index is 0.106. The lowest BCUT2D eigenvalue weighted by molar-refractivity contribution is 0.0175. The molecule has 4 N–H and O–H groups in total. The first-order chi connectivity index (χ1) is 11.8. The van der Waals surface area contributed by atoms with E-state index in [9.17, 15) is 8.78 Å². The summed E-state index contributed by atoms with van der Waals surface area (Å²) in [6, 6.07) is 3.15. The van der Waals surface area contributed by atoms with Crippen molar-refractivity contribution in [2.75, 3.05) is 34.4 Å². The predicted molar refractivity (Wildman–Crippen MR) is 90.1 cm³/mol. The normalized spacial score (nSPS) is 17.6. The van der Waals surface area contributed by atoms with Crippen molar-refractivity contribution in [1.82, 2.24) is 4.90 Å². The molecule has 25 heavy (non-hydrogen) atoms. The Bertz CT molecular complexity index is 669. The van der Waals surface area contributed by atoms with Crippen molar-refractivity contribution in [3.8, 4) is 17.2 Å². The molecule has 2 rings (SSSR count). The summed E-state index contributed by atoms with van der Waals surface area (Å²) >= 11 is 0. The molecule has 0 saturated carbocycles. The number of methoxy groups -OCH3 is 3. The molecule has 0 atom stereocenters. The second kappa shape index (κ2) is 7.41. The first-order valence-electron chi connectivity index (χ1n) is 7.40. The van der Waals surface area contributed by atoms with Crippen LogP contribution in [0.3, 0.4) is 0 Å². The highest BCUT2D eigenvalue weighted by molar-refractivity contribution is 5.94. The van der Waals surface area contributed by atoms with Gasteiger partial charge in [-0.25, -0.2) is 13.8 Å². The second-order valence-electron chi connectivity index (χ2n) is 5.35. The van der Waals surface area contributed by atoms with Gasteiger partial charge in [-0.1, -0.05) is 0 Å². The van der Waals surface area contributed by atoms with Gasteiger partial charge in [0.25, 0.3) is 5.92 Å². The van der Waals surface area contributed by atoms with Crippen molar-refractivity contribution in [2.45, 2.75) is 12.3 Å². The summed E-state index contributed by atoms with van der Waals surface area (Å²) in [5, 5.41) is 0. The summed E-state index contributed by atoms with van der Waals surface area (Å²) in [5.74, 6) is -1.87. The number of likely N-dealkylation sites (tertiary alicyclic amines) is 1. The number of aliphatic imine (C=N–C) groups is 2. The lowest BCUT2D eigenvalue weighted by Gasteiger charge is -2.16. The van der Waals surface area contributed by atoms with Gasteiger partial charge in [-0.3, -0.25) is 0 Å². The van der Waals surface area contributed by atoms with Gasteiger partial charge in [0.1, 0.15) is 0 Å². The number of ether oxygens (including phenoxy) is 3. The third-order valence-corrected chi connectivity index (χ3v) is 3.62. The molecule has 1 aromatic carbocycles. The Morgan fingerprint density at radius 1 is 1.12 bits per heavy atom. The molecule has 1 heterocycles. The number of rotatable bonds is 4. The topological polar surface area (TPSA) is 108 Å². The summed E-state index contributed by atoms with van der Waals surface area (Å²) in [6.07, 6.45) is -0.271. The van der Waals surface area contributed by atoms with Gasteiger partial charge in [0, 0.05) is 25.1 Å². The molecular formula is C15H21F2N5O3. The van der Waals surface area contributed by atoms with Crippen LogP contribution in [0.2, 0.25) is 0 Å². The van der Waals surface area contributed by atoms with E-state index in [0.717, 1.165) is 0 Å². The van der Waals surface area contributed by atoms with Crippen LogP contribution in [0.15, 0.2) is 22.1 Å². The van der Waals surface area contributed by atoms with E-state index in [1.165, 1.54) is 26.2 Å². The van der Waals surface area contributed by atoms with Crippen LogP contribution in [0.4, 0.5) is 14.5 Å².